The van der Waals surface area contributed by atoms with Gasteiger partial charge < -0.3 is 10.1 Å². The zero-order valence-corrected chi connectivity index (χ0v) is 15.5. The number of fused-ring (bicyclic) bond motifs is 1. The van der Waals surface area contributed by atoms with Crippen molar-refractivity contribution >= 4 is 17.6 Å². The number of aliphatic imine (C=N–C) groups is 1. The molecule has 2 heterocycles. The smallest absolute Gasteiger partial charge is 0.256 e. The first-order valence-corrected chi connectivity index (χ1v) is 9.16. The number of para-hydroxylation sites is 2. The Labute approximate surface area is 157 Å². The van der Waals surface area contributed by atoms with Crippen molar-refractivity contribution in [3.8, 4) is 5.75 Å². The summed E-state index contributed by atoms with van der Waals surface area (Å²) in [4.78, 5) is 22.0. The standard InChI is InChI=1S/C20H23N5O2/c1-13-12-17(26)25-18(14-8-4-3-5-9-14)23-19(24-20(25)21-13)22-15-10-6-7-11-16(15)27-2/h3-4,6-7,10-12,14,18H,5,8-9H2,1-2H3,(H2,21,22,23,24)/t14-,18-/m1/s1. The van der Waals surface area contributed by atoms with Crippen LogP contribution < -0.4 is 20.9 Å². The van der Waals surface area contributed by atoms with Gasteiger partial charge in [0.15, 0.2) is 0 Å². The Hall–Kier alpha value is -3.09. The fourth-order valence-electron chi connectivity index (χ4n) is 3.62. The van der Waals surface area contributed by atoms with Crippen LogP contribution in [0.15, 0.2) is 52.3 Å². The third kappa shape index (κ3) is 3.45. The van der Waals surface area contributed by atoms with E-state index in [0.29, 0.717) is 17.6 Å². The lowest BCUT2D eigenvalue weighted by Crippen LogP contribution is -2.40. The number of ether oxygens (including phenoxy) is 1. The largest absolute Gasteiger partial charge is 0.495 e. The number of methoxy groups -OCH3 is 1. The molecule has 2 aromatic rings. The lowest BCUT2D eigenvalue weighted by atomic mass is 9.91. The molecule has 27 heavy (non-hydrogen) atoms. The predicted octanol–water partition coefficient (Wildman–Crippen LogP) is 3.31. The number of guanidine groups is 1. The number of anilines is 2. The second-order valence-electron chi connectivity index (χ2n) is 6.82. The summed E-state index contributed by atoms with van der Waals surface area (Å²) in [6, 6.07) is 9.21. The van der Waals surface area contributed by atoms with Gasteiger partial charge in [0.2, 0.25) is 11.9 Å². The summed E-state index contributed by atoms with van der Waals surface area (Å²) in [6.07, 6.45) is 6.96. The number of aromatic nitrogens is 2. The van der Waals surface area contributed by atoms with Crippen molar-refractivity contribution in [2.75, 3.05) is 17.7 Å². The van der Waals surface area contributed by atoms with Gasteiger partial charge in [-0.1, -0.05) is 24.3 Å². The number of hydrogen-bond acceptors (Lipinski definition) is 6. The molecule has 1 aromatic carbocycles. The SMILES string of the molecule is COc1ccccc1NC1=N[C@@H]([C@@H]2CC=CCC2)n2c(nc(C)cc2=O)N1. The number of benzene rings is 1. The molecule has 140 valence electrons. The molecule has 0 bridgehead atoms. The fraction of sp³-hybridized carbons (Fsp3) is 0.350. The molecule has 1 aromatic heterocycles. The van der Waals surface area contributed by atoms with E-state index in [9.17, 15) is 4.79 Å². The number of hydrogen-bond donors (Lipinski definition) is 2. The Balaban J connectivity index is 1.73. The van der Waals surface area contributed by atoms with E-state index < -0.39 is 0 Å². The van der Waals surface area contributed by atoms with E-state index in [1.54, 1.807) is 17.7 Å². The lowest BCUT2D eigenvalue weighted by molar-refractivity contribution is 0.308. The zero-order valence-electron chi connectivity index (χ0n) is 15.5. The third-order valence-electron chi connectivity index (χ3n) is 4.93. The summed E-state index contributed by atoms with van der Waals surface area (Å²) in [7, 11) is 1.63. The van der Waals surface area contributed by atoms with E-state index >= 15 is 0 Å². The van der Waals surface area contributed by atoms with Crippen LogP contribution >= 0.6 is 0 Å². The fourth-order valence-corrected chi connectivity index (χ4v) is 3.62. The van der Waals surface area contributed by atoms with Gasteiger partial charge in [0, 0.05) is 17.7 Å². The van der Waals surface area contributed by atoms with Crippen molar-refractivity contribution in [3.63, 3.8) is 0 Å². The number of rotatable bonds is 3. The molecule has 0 spiro atoms. The predicted molar refractivity (Wildman–Crippen MR) is 106 cm³/mol. The first kappa shape index (κ1) is 17.3. The van der Waals surface area contributed by atoms with Crippen molar-refractivity contribution in [3.05, 3.63) is 58.5 Å². The van der Waals surface area contributed by atoms with Crippen LogP contribution in [0.4, 0.5) is 11.6 Å². The van der Waals surface area contributed by atoms with E-state index in [2.05, 4.69) is 27.8 Å². The average molecular weight is 365 g/mol. The number of nitrogens with zero attached hydrogens (tertiary/aromatic N) is 3. The van der Waals surface area contributed by atoms with Gasteiger partial charge in [-0.05, 0) is 38.3 Å². The monoisotopic (exact) mass is 365 g/mol. The molecule has 2 N–H and O–H groups in total. The van der Waals surface area contributed by atoms with Gasteiger partial charge in [-0.25, -0.2) is 9.98 Å². The summed E-state index contributed by atoms with van der Waals surface area (Å²) < 4.78 is 7.08. The van der Waals surface area contributed by atoms with Gasteiger partial charge in [0.25, 0.3) is 5.56 Å². The normalized spacial score (nSPS) is 21.0. The maximum absolute atomic E-state index is 12.7. The molecule has 7 nitrogen and oxygen atoms in total. The Morgan fingerprint density at radius 3 is 2.93 bits per heavy atom. The van der Waals surface area contributed by atoms with Crippen LogP contribution in [0.1, 0.15) is 31.1 Å². The maximum Gasteiger partial charge on any atom is 0.256 e. The van der Waals surface area contributed by atoms with E-state index in [1.807, 2.05) is 31.2 Å². The summed E-state index contributed by atoms with van der Waals surface area (Å²) in [6.45, 7) is 1.82. The summed E-state index contributed by atoms with van der Waals surface area (Å²) in [5, 5.41) is 6.45. The van der Waals surface area contributed by atoms with E-state index in [4.69, 9.17) is 9.73 Å². The molecule has 0 saturated carbocycles. The van der Waals surface area contributed by atoms with Crippen LogP contribution in [0, 0.1) is 12.8 Å². The van der Waals surface area contributed by atoms with Gasteiger partial charge in [-0.3, -0.25) is 14.7 Å². The molecule has 4 rings (SSSR count). The minimum atomic E-state index is -0.288. The van der Waals surface area contributed by atoms with E-state index in [0.717, 1.165) is 30.7 Å². The highest BCUT2D eigenvalue weighted by atomic mass is 16.5. The Morgan fingerprint density at radius 2 is 2.15 bits per heavy atom. The third-order valence-corrected chi connectivity index (χ3v) is 4.93. The van der Waals surface area contributed by atoms with Gasteiger partial charge >= 0.3 is 0 Å². The molecule has 0 unspecified atom stereocenters. The van der Waals surface area contributed by atoms with Gasteiger partial charge in [0.05, 0.1) is 12.8 Å². The second-order valence-corrected chi connectivity index (χ2v) is 6.82. The maximum atomic E-state index is 12.7. The molecule has 2 aliphatic rings. The van der Waals surface area contributed by atoms with E-state index in [1.165, 1.54) is 0 Å². The molecular weight excluding hydrogens is 342 g/mol. The summed E-state index contributed by atoms with van der Waals surface area (Å²) in [5.41, 5.74) is 1.40. The first-order chi connectivity index (χ1) is 13.2. The topological polar surface area (TPSA) is 80.5 Å². The van der Waals surface area contributed by atoms with Crippen LogP contribution in [0.2, 0.25) is 0 Å². The molecular formula is C20H23N5O2. The van der Waals surface area contributed by atoms with Crippen LogP contribution in [-0.2, 0) is 0 Å². The van der Waals surface area contributed by atoms with Crippen molar-refractivity contribution < 1.29 is 4.74 Å². The van der Waals surface area contributed by atoms with Gasteiger partial charge in [-0.2, -0.15) is 0 Å². The van der Waals surface area contributed by atoms with Crippen molar-refractivity contribution in [1.82, 2.24) is 9.55 Å². The van der Waals surface area contributed by atoms with Crippen molar-refractivity contribution in [2.24, 2.45) is 10.9 Å². The molecule has 1 aliphatic carbocycles. The molecule has 2 atom stereocenters. The summed E-state index contributed by atoms with van der Waals surface area (Å²) in [5.74, 6) is 2.07. The zero-order chi connectivity index (χ0) is 18.8. The van der Waals surface area contributed by atoms with Crippen LogP contribution in [0.3, 0.4) is 0 Å². The van der Waals surface area contributed by atoms with Crippen LogP contribution in [0.25, 0.3) is 0 Å². The highest BCUT2D eigenvalue weighted by Crippen LogP contribution is 2.34. The van der Waals surface area contributed by atoms with E-state index in [-0.39, 0.29) is 17.6 Å². The molecule has 0 amide bonds. The first-order valence-electron chi connectivity index (χ1n) is 9.16. The lowest BCUT2D eigenvalue weighted by Gasteiger charge is -2.32. The quantitative estimate of drug-likeness (QED) is 0.816. The molecule has 7 heteroatoms. The van der Waals surface area contributed by atoms with Gasteiger partial charge in [0.1, 0.15) is 11.9 Å². The summed E-state index contributed by atoms with van der Waals surface area (Å²) >= 11 is 0. The Bertz CT molecular complexity index is 963. The van der Waals surface area contributed by atoms with Crippen molar-refractivity contribution in [1.29, 1.82) is 0 Å². The highest BCUT2D eigenvalue weighted by Gasteiger charge is 2.30. The minimum Gasteiger partial charge on any atom is -0.495 e. The number of allylic oxidation sites excluding steroid dienone is 2. The second kappa shape index (κ2) is 7.26. The number of aryl methyl sites for hydroxylation is 1. The average Bonchev–Trinajstić information content (AvgIpc) is 2.68. The molecule has 1 aliphatic heterocycles. The van der Waals surface area contributed by atoms with Crippen LogP contribution in [0.5, 0.6) is 5.75 Å². The molecule has 0 radical (unpaired) electrons. The Kier molecular flexibility index (Phi) is 4.66. The van der Waals surface area contributed by atoms with Crippen molar-refractivity contribution in [2.45, 2.75) is 32.4 Å². The molecule has 0 fully saturated rings. The highest BCUT2D eigenvalue weighted by molar-refractivity contribution is 6.04. The van der Waals surface area contributed by atoms with Gasteiger partial charge in [-0.15, -0.1) is 0 Å². The minimum absolute atomic E-state index is 0.0790. The molecule has 0 saturated heterocycles. The number of nitrogens with one attached hydrogen (secondary N) is 2. The Morgan fingerprint density at radius 1 is 1.30 bits per heavy atom. The van der Waals surface area contributed by atoms with Crippen LogP contribution in [-0.4, -0.2) is 22.6 Å².